The number of ether oxygens (including phenoxy) is 1. The summed E-state index contributed by atoms with van der Waals surface area (Å²) in [5, 5.41) is 0. The number of rotatable bonds is 1. The lowest BCUT2D eigenvalue weighted by molar-refractivity contribution is -0.136. The lowest BCUT2D eigenvalue weighted by Gasteiger charge is -1.85. The van der Waals surface area contributed by atoms with Crippen molar-refractivity contribution in [2.75, 3.05) is 0 Å². The van der Waals surface area contributed by atoms with E-state index in [0.29, 0.717) is 0 Å². The topological polar surface area (TPSA) is 26.3 Å². The Morgan fingerprint density at radius 3 is 1.19 bits per heavy atom. The molecule has 0 aromatic heterocycles. The van der Waals surface area contributed by atoms with Crippen LogP contribution in [0.15, 0.2) is 0 Å². The first-order valence-corrected chi connectivity index (χ1v) is 6.96. The summed E-state index contributed by atoms with van der Waals surface area (Å²) >= 11 is 0. The number of hydrogen-bond donors (Lipinski definition) is 0. The van der Waals surface area contributed by atoms with Crippen molar-refractivity contribution in [2.24, 2.45) is 0 Å². The Balaban J connectivity index is 4.37. The van der Waals surface area contributed by atoms with Crippen LogP contribution in [0.2, 0.25) is 0 Å². The van der Waals surface area contributed by atoms with Crippen molar-refractivity contribution >= 4 is 5.97 Å². The van der Waals surface area contributed by atoms with Crippen molar-refractivity contribution in [3.63, 3.8) is 0 Å². The normalized spacial score (nSPS) is 4.74. The summed E-state index contributed by atoms with van der Waals surface area (Å²) in [7, 11) is 0. The van der Waals surface area contributed by atoms with Gasteiger partial charge in [0, 0.05) is 77.5 Å². The maximum atomic E-state index is 10.7. The Hall–Kier alpha value is -5.37. The first-order valence-electron chi connectivity index (χ1n) is 6.96. The second-order valence-corrected chi connectivity index (χ2v) is 3.45. The molecule has 0 N–H and O–H groups in total. The molecule has 0 rings (SSSR count). The van der Waals surface area contributed by atoms with Crippen LogP contribution < -0.4 is 0 Å². The molecule has 0 aliphatic rings. The molecule has 2 nitrogen and oxygen atoms in total. The maximum absolute atomic E-state index is 10.7. The first-order chi connectivity index (χ1) is 13.3. The van der Waals surface area contributed by atoms with E-state index in [4.69, 9.17) is 6.42 Å². The number of esters is 1. The van der Waals surface area contributed by atoms with Crippen molar-refractivity contribution in [3.05, 3.63) is 0 Å². The number of carbonyl (C=O) groups is 1. The highest BCUT2D eigenvalue weighted by molar-refractivity contribution is 5.70. The maximum Gasteiger partial charge on any atom is 0.319 e. The lowest BCUT2D eigenvalue weighted by Crippen LogP contribution is -1.95. The molecule has 0 atom stereocenters. The van der Waals surface area contributed by atoms with Gasteiger partial charge in [0.25, 0.3) is 0 Å². The van der Waals surface area contributed by atoms with Crippen LogP contribution in [-0.4, -0.2) is 5.97 Å². The quantitative estimate of drug-likeness (QED) is 0.516. The zero-order valence-electron chi connectivity index (χ0n) is 14.1. The van der Waals surface area contributed by atoms with Gasteiger partial charge in [0.2, 0.25) is 0 Å². The minimum Gasteiger partial charge on any atom is -0.371 e. The third-order valence-corrected chi connectivity index (χ3v) is 1.70. The van der Waals surface area contributed by atoms with E-state index in [1.54, 1.807) is 6.92 Å². The molecule has 0 aliphatic carbocycles. The molecule has 0 heterocycles. The van der Waals surface area contributed by atoms with E-state index in [9.17, 15) is 4.79 Å². The summed E-state index contributed by atoms with van der Waals surface area (Å²) in [6, 6.07) is 0. The molecular formula is C25H6O2. The van der Waals surface area contributed by atoms with Crippen LogP contribution in [0.3, 0.4) is 0 Å². The Labute approximate surface area is 160 Å². The molecule has 0 radical (unpaired) electrons. The van der Waals surface area contributed by atoms with Crippen LogP contribution in [0.25, 0.3) is 0 Å². The van der Waals surface area contributed by atoms with Crippen LogP contribution >= 0.6 is 0 Å². The minimum absolute atomic E-state index is 0.253. The number of hydrogen-bond acceptors (Lipinski definition) is 2. The third kappa shape index (κ3) is 18.6. The van der Waals surface area contributed by atoms with Gasteiger partial charge in [-0.2, -0.15) is 0 Å². The predicted molar refractivity (Wildman–Crippen MR) is 103 cm³/mol. The highest BCUT2D eigenvalue weighted by Crippen LogP contribution is 1.79. The third-order valence-electron chi connectivity index (χ3n) is 1.70. The van der Waals surface area contributed by atoms with Crippen molar-refractivity contribution < 1.29 is 9.53 Å². The highest BCUT2D eigenvalue weighted by atomic mass is 16.5. The molecule has 0 saturated carbocycles. The van der Waals surface area contributed by atoms with E-state index in [0.717, 1.165) is 0 Å². The Morgan fingerprint density at radius 2 is 0.889 bits per heavy atom. The van der Waals surface area contributed by atoms with Crippen molar-refractivity contribution in [1.82, 2.24) is 0 Å². The van der Waals surface area contributed by atoms with Gasteiger partial charge in [-0.1, -0.05) is 6.92 Å². The van der Waals surface area contributed by atoms with Crippen LogP contribution in [0.4, 0.5) is 0 Å². The zero-order valence-corrected chi connectivity index (χ0v) is 14.1. The van der Waals surface area contributed by atoms with Crippen LogP contribution in [-0.2, 0) is 9.53 Å². The molecule has 2 heteroatoms. The Bertz CT molecular complexity index is 1250. The van der Waals surface area contributed by atoms with Gasteiger partial charge in [-0.15, -0.1) is 6.42 Å². The second kappa shape index (κ2) is 18.7. The molecule has 0 saturated heterocycles. The largest absolute Gasteiger partial charge is 0.371 e. The van der Waals surface area contributed by atoms with Gasteiger partial charge in [0.15, 0.2) is 0 Å². The summed E-state index contributed by atoms with van der Waals surface area (Å²) in [6.07, 6.45) is 7.30. The monoisotopic (exact) mass is 338 g/mol. The smallest absolute Gasteiger partial charge is 0.319 e. The minimum atomic E-state index is -0.418. The Kier molecular flexibility index (Phi) is 15.0. The summed E-state index contributed by atoms with van der Waals surface area (Å²) in [5.41, 5.74) is 0. The summed E-state index contributed by atoms with van der Waals surface area (Å²) < 4.78 is 4.48. The molecule has 27 heavy (non-hydrogen) atoms. The lowest BCUT2D eigenvalue weighted by atomic mass is 10.4. The standard InChI is InChI=1S/C25H6O2/c1-3-5-6-7-8-9-10-11-12-13-14-15-16-17-18-19-20-21-22-23-24-27-25(26)4-2/h1H,4H2,2H3. The number of carbonyl (C=O) groups excluding carboxylic acids is 1. The fraction of sp³-hybridized carbons (Fsp3) is 0.0800. The molecule has 118 valence electrons. The SMILES string of the molecule is C#CC#CC#CC#CC#CC#CC#CC#CC#CC#CC#COC(=O)CC. The van der Waals surface area contributed by atoms with Gasteiger partial charge in [-0.25, -0.2) is 0 Å². The van der Waals surface area contributed by atoms with E-state index >= 15 is 0 Å². The van der Waals surface area contributed by atoms with Gasteiger partial charge in [0.1, 0.15) is 6.11 Å². The zero-order chi connectivity index (χ0) is 19.8. The van der Waals surface area contributed by atoms with Crippen LogP contribution in [0, 0.1) is 131 Å². The van der Waals surface area contributed by atoms with Gasteiger partial charge < -0.3 is 4.74 Å². The van der Waals surface area contributed by atoms with E-state index < -0.39 is 5.97 Å². The van der Waals surface area contributed by atoms with E-state index in [1.165, 1.54) is 0 Å². The van der Waals surface area contributed by atoms with Crippen LogP contribution in [0.5, 0.6) is 0 Å². The highest BCUT2D eigenvalue weighted by Gasteiger charge is 1.91. The van der Waals surface area contributed by atoms with E-state index in [1.807, 2.05) is 0 Å². The molecule has 0 aromatic rings. The molecular weight excluding hydrogens is 332 g/mol. The Morgan fingerprint density at radius 1 is 0.593 bits per heavy atom. The fourth-order valence-corrected chi connectivity index (χ4v) is 0.747. The van der Waals surface area contributed by atoms with Gasteiger partial charge in [0.05, 0.1) is 0 Å². The van der Waals surface area contributed by atoms with E-state index in [-0.39, 0.29) is 6.42 Å². The second-order valence-electron chi connectivity index (χ2n) is 3.45. The summed E-state index contributed by atoms with van der Waals surface area (Å²) in [5.74, 6) is 48.0. The molecule has 0 fully saturated rings. The van der Waals surface area contributed by atoms with Gasteiger partial charge in [-0.3, -0.25) is 4.79 Å². The summed E-state index contributed by atoms with van der Waals surface area (Å²) in [4.78, 5) is 10.7. The molecule has 0 unspecified atom stereocenters. The summed E-state index contributed by atoms with van der Waals surface area (Å²) in [6.45, 7) is 1.66. The van der Waals surface area contributed by atoms with Crippen molar-refractivity contribution in [3.8, 4) is 131 Å². The molecule has 0 amide bonds. The van der Waals surface area contributed by atoms with E-state index in [2.05, 4.69) is 129 Å². The molecule has 0 bridgehead atoms. The van der Waals surface area contributed by atoms with Crippen LogP contribution in [0.1, 0.15) is 13.3 Å². The molecule has 0 aliphatic heterocycles. The predicted octanol–water partition coefficient (Wildman–Crippen LogP) is 0.564. The molecule has 0 aromatic carbocycles. The average Bonchev–Trinajstić information content (AvgIpc) is 2.68. The van der Waals surface area contributed by atoms with Crippen molar-refractivity contribution in [2.45, 2.75) is 13.3 Å². The first kappa shape index (κ1) is 21.6. The van der Waals surface area contributed by atoms with Crippen molar-refractivity contribution in [1.29, 1.82) is 0 Å². The number of terminal acetylenes is 1. The molecule has 0 spiro atoms. The van der Waals surface area contributed by atoms with Gasteiger partial charge in [-0.05, 0) is 47.4 Å². The average molecular weight is 338 g/mol. The van der Waals surface area contributed by atoms with Gasteiger partial charge >= 0.3 is 5.97 Å². The fourth-order valence-electron chi connectivity index (χ4n) is 0.747.